The Morgan fingerprint density at radius 3 is 2.66 bits per heavy atom. The van der Waals surface area contributed by atoms with Crippen molar-refractivity contribution in [3.05, 3.63) is 39.8 Å². The standard InChI is InChI=1S/C24H32N2O5S/c1-6-31-24(28)22-17-9-7-15(2)11-20(17)32-23(22)25-21(27)14-26(3)13-16-8-10-18(29-4)19(12-16)30-5/h8,10,12,15H,6-7,9,11,13-14H2,1-5H3,(H,25,27)/t15-/m1/s1. The number of methoxy groups -OCH3 is 2. The summed E-state index contributed by atoms with van der Waals surface area (Å²) in [4.78, 5) is 28.5. The number of anilines is 1. The Labute approximate surface area is 193 Å². The lowest BCUT2D eigenvalue weighted by atomic mass is 9.88. The number of nitrogens with one attached hydrogen (secondary N) is 1. The number of ether oxygens (including phenoxy) is 3. The molecule has 0 unspecified atom stereocenters. The zero-order chi connectivity index (χ0) is 23.3. The third-order valence-corrected chi connectivity index (χ3v) is 6.73. The average molecular weight is 461 g/mol. The molecule has 3 rings (SSSR count). The summed E-state index contributed by atoms with van der Waals surface area (Å²) in [7, 11) is 5.08. The van der Waals surface area contributed by atoms with E-state index in [0.29, 0.717) is 41.1 Å². The van der Waals surface area contributed by atoms with Gasteiger partial charge in [-0.15, -0.1) is 11.3 Å². The minimum atomic E-state index is -0.353. The first-order valence-electron chi connectivity index (χ1n) is 10.9. The Kier molecular flexibility index (Phi) is 8.15. The van der Waals surface area contributed by atoms with Gasteiger partial charge in [0.15, 0.2) is 11.5 Å². The molecule has 0 fully saturated rings. The summed E-state index contributed by atoms with van der Waals surface area (Å²) in [6.07, 6.45) is 2.81. The summed E-state index contributed by atoms with van der Waals surface area (Å²) in [5, 5.41) is 3.58. The SMILES string of the molecule is CCOC(=O)c1c(NC(=O)CN(C)Cc2ccc(OC)c(OC)c2)sc2c1CC[C@@H](C)C2. The van der Waals surface area contributed by atoms with Crippen molar-refractivity contribution in [3.8, 4) is 11.5 Å². The Morgan fingerprint density at radius 1 is 1.22 bits per heavy atom. The number of esters is 1. The zero-order valence-electron chi connectivity index (χ0n) is 19.4. The lowest BCUT2D eigenvalue weighted by Crippen LogP contribution is -2.30. The molecule has 8 heteroatoms. The van der Waals surface area contributed by atoms with Crippen molar-refractivity contribution >= 4 is 28.2 Å². The molecule has 1 aliphatic carbocycles. The van der Waals surface area contributed by atoms with Crippen LogP contribution in [0.3, 0.4) is 0 Å². The molecule has 0 saturated heterocycles. The van der Waals surface area contributed by atoms with Gasteiger partial charge < -0.3 is 19.5 Å². The first-order chi connectivity index (χ1) is 15.4. The first kappa shape index (κ1) is 24.1. The van der Waals surface area contributed by atoms with Crippen molar-refractivity contribution in [1.29, 1.82) is 0 Å². The highest BCUT2D eigenvalue weighted by molar-refractivity contribution is 7.17. The average Bonchev–Trinajstić information content (AvgIpc) is 3.10. The van der Waals surface area contributed by atoms with Gasteiger partial charge >= 0.3 is 5.97 Å². The monoisotopic (exact) mass is 460 g/mol. The van der Waals surface area contributed by atoms with E-state index in [9.17, 15) is 9.59 Å². The number of rotatable bonds is 9. The highest BCUT2D eigenvalue weighted by Crippen LogP contribution is 2.40. The van der Waals surface area contributed by atoms with E-state index in [1.807, 2.05) is 30.1 Å². The quantitative estimate of drug-likeness (QED) is 0.567. The van der Waals surface area contributed by atoms with Crippen LogP contribution in [0.5, 0.6) is 11.5 Å². The van der Waals surface area contributed by atoms with Crippen molar-refractivity contribution in [3.63, 3.8) is 0 Å². The van der Waals surface area contributed by atoms with Crippen molar-refractivity contribution in [2.24, 2.45) is 5.92 Å². The van der Waals surface area contributed by atoms with E-state index in [2.05, 4.69) is 12.2 Å². The second-order valence-electron chi connectivity index (χ2n) is 8.19. The van der Waals surface area contributed by atoms with Gasteiger partial charge in [-0.25, -0.2) is 4.79 Å². The lowest BCUT2D eigenvalue weighted by molar-refractivity contribution is -0.117. The largest absolute Gasteiger partial charge is 0.493 e. The van der Waals surface area contributed by atoms with Crippen molar-refractivity contribution in [1.82, 2.24) is 4.90 Å². The first-order valence-corrected chi connectivity index (χ1v) is 11.7. The summed E-state index contributed by atoms with van der Waals surface area (Å²) in [6, 6.07) is 5.70. The molecule has 0 spiro atoms. The van der Waals surface area contributed by atoms with Crippen LogP contribution in [0.4, 0.5) is 5.00 Å². The van der Waals surface area contributed by atoms with Gasteiger partial charge in [-0.05, 0) is 62.4 Å². The zero-order valence-corrected chi connectivity index (χ0v) is 20.3. The highest BCUT2D eigenvalue weighted by Gasteiger charge is 2.29. The number of nitrogens with zero attached hydrogens (tertiary/aromatic N) is 1. The minimum absolute atomic E-state index is 0.162. The summed E-state index contributed by atoms with van der Waals surface area (Å²) < 4.78 is 15.9. The van der Waals surface area contributed by atoms with E-state index in [1.165, 1.54) is 16.2 Å². The van der Waals surface area contributed by atoms with Crippen LogP contribution in [0.25, 0.3) is 0 Å². The highest BCUT2D eigenvalue weighted by atomic mass is 32.1. The molecule has 32 heavy (non-hydrogen) atoms. The maximum Gasteiger partial charge on any atom is 0.341 e. The van der Waals surface area contributed by atoms with Gasteiger partial charge in [0.1, 0.15) is 5.00 Å². The van der Waals surface area contributed by atoms with Crippen LogP contribution in [-0.4, -0.2) is 51.2 Å². The Morgan fingerprint density at radius 2 is 1.97 bits per heavy atom. The number of likely N-dealkylation sites (N-methyl/N-ethyl adjacent to an activating group) is 1. The molecule has 7 nitrogen and oxygen atoms in total. The normalized spacial score (nSPS) is 15.2. The molecule has 0 saturated carbocycles. The second-order valence-corrected chi connectivity index (χ2v) is 9.29. The minimum Gasteiger partial charge on any atom is -0.493 e. The predicted octanol–water partition coefficient (Wildman–Crippen LogP) is 4.14. The molecule has 1 amide bonds. The predicted molar refractivity (Wildman–Crippen MR) is 126 cm³/mol. The number of benzene rings is 1. The van der Waals surface area contributed by atoms with Crippen LogP contribution < -0.4 is 14.8 Å². The number of carbonyl (C=O) groups excluding carboxylic acids is 2. The van der Waals surface area contributed by atoms with Gasteiger partial charge in [-0.1, -0.05) is 13.0 Å². The molecule has 0 bridgehead atoms. The Balaban J connectivity index is 1.69. The number of amides is 1. The van der Waals surface area contributed by atoms with Crippen molar-refractivity contribution in [2.45, 2.75) is 39.7 Å². The van der Waals surface area contributed by atoms with Crippen molar-refractivity contribution in [2.75, 3.05) is 39.7 Å². The van der Waals surface area contributed by atoms with E-state index < -0.39 is 0 Å². The topological polar surface area (TPSA) is 77.1 Å². The molecule has 0 radical (unpaired) electrons. The smallest absolute Gasteiger partial charge is 0.341 e. The van der Waals surface area contributed by atoms with E-state index in [0.717, 1.165) is 30.4 Å². The van der Waals surface area contributed by atoms with Crippen LogP contribution >= 0.6 is 11.3 Å². The fourth-order valence-electron chi connectivity index (χ4n) is 4.02. The molecule has 1 atom stereocenters. The Bertz CT molecular complexity index is 972. The summed E-state index contributed by atoms with van der Waals surface area (Å²) in [5.74, 6) is 1.38. The molecular formula is C24H32N2O5S. The van der Waals surface area contributed by atoms with E-state index in [4.69, 9.17) is 14.2 Å². The van der Waals surface area contributed by atoms with E-state index >= 15 is 0 Å². The van der Waals surface area contributed by atoms with Gasteiger partial charge in [0.25, 0.3) is 0 Å². The van der Waals surface area contributed by atoms with Gasteiger partial charge in [0.05, 0.1) is 32.9 Å². The maximum atomic E-state index is 12.8. The molecule has 1 N–H and O–H groups in total. The maximum absolute atomic E-state index is 12.8. The Hall–Kier alpha value is -2.58. The van der Waals surface area contributed by atoms with Gasteiger partial charge in [0, 0.05) is 11.4 Å². The number of thiophene rings is 1. The molecule has 1 heterocycles. The van der Waals surface area contributed by atoms with Crippen LogP contribution in [0.1, 0.15) is 46.6 Å². The van der Waals surface area contributed by atoms with E-state index in [1.54, 1.807) is 21.1 Å². The number of fused-ring (bicyclic) bond motifs is 1. The molecule has 1 aromatic carbocycles. The summed E-state index contributed by atoms with van der Waals surface area (Å²) >= 11 is 1.51. The van der Waals surface area contributed by atoms with Crippen LogP contribution in [0.15, 0.2) is 18.2 Å². The molecular weight excluding hydrogens is 428 g/mol. The molecule has 2 aromatic rings. The molecule has 1 aliphatic rings. The number of hydrogen-bond donors (Lipinski definition) is 1. The molecule has 0 aliphatic heterocycles. The summed E-state index contributed by atoms with van der Waals surface area (Å²) in [6.45, 7) is 5.07. The van der Waals surface area contributed by atoms with Gasteiger partial charge in [-0.2, -0.15) is 0 Å². The lowest BCUT2D eigenvalue weighted by Gasteiger charge is -2.18. The third kappa shape index (κ3) is 5.61. The van der Waals surface area contributed by atoms with Crippen LogP contribution in [-0.2, 0) is 28.9 Å². The summed E-state index contributed by atoms with van der Waals surface area (Å²) in [5.41, 5.74) is 2.58. The molecule has 1 aromatic heterocycles. The van der Waals surface area contributed by atoms with Gasteiger partial charge in [0.2, 0.25) is 5.91 Å². The number of hydrogen-bond acceptors (Lipinski definition) is 7. The third-order valence-electron chi connectivity index (χ3n) is 5.56. The fourth-order valence-corrected chi connectivity index (χ4v) is 5.43. The van der Waals surface area contributed by atoms with Crippen molar-refractivity contribution < 1.29 is 23.8 Å². The van der Waals surface area contributed by atoms with Crippen LogP contribution in [0, 0.1) is 5.92 Å². The fraction of sp³-hybridized carbons (Fsp3) is 0.500. The second kappa shape index (κ2) is 10.8. The van der Waals surface area contributed by atoms with Gasteiger partial charge in [-0.3, -0.25) is 9.69 Å². The molecule has 174 valence electrons. The number of carbonyl (C=O) groups is 2. The van der Waals surface area contributed by atoms with Crippen LogP contribution in [0.2, 0.25) is 0 Å². The van der Waals surface area contributed by atoms with E-state index in [-0.39, 0.29) is 18.4 Å².